The number of aliphatic hydroxyl groups excluding tert-OH is 1. The average Bonchev–Trinajstić information content (AvgIpc) is 3.36. The lowest BCUT2D eigenvalue weighted by Crippen LogP contribution is -2.60. The maximum atomic E-state index is 14.6. The van der Waals surface area contributed by atoms with Gasteiger partial charge in [-0.3, -0.25) is 19.6 Å². The number of hydrogen-bond acceptors (Lipinski definition) is 6. The molecule has 3 heterocycles. The maximum Gasteiger partial charge on any atom is 0.416 e. The van der Waals surface area contributed by atoms with E-state index in [9.17, 15) is 41.9 Å². The first-order valence-corrected chi connectivity index (χ1v) is 13.1. The Kier molecular flexibility index (Phi) is 7.43. The van der Waals surface area contributed by atoms with E-state index in [4.69, 9.17) is 0 Å². The molecule has 0 spiro atoms. The SMILES string of the molecule is Cc1ncc(-c2cc(C(F)(F)F)ccc2NC(=O)C2=C(O)C3(C)CCCN3N(Cc3cccc(F)c3F)C2=O)cc1C#N. The number of aliphatic hydroxyl groups is 1. The van der Waals surface area contributed by atoms with Gasteiger partial charge in [0.05, 0.1) is 28.9 Å². The normalized spacial score (nSPS) is 18.9. The molecule has 2 aliphatic heterocycles. The van der Waals surface area contributed by atoms with Crippen LogP contribution in [-0.2, 0) is 22.3 Å². The Morgan fingerprint density at radius 1 is 1.21 bits per heavy atom. The monoisotopic (exact) mass is 597 g/mol. The topological polar surface area (TPSA) is 110 Å². The number of alkyl halides is 3. The van der Waals surface area contributed by atoms with Gasteiger partial charge in [0.15, 0.2) is 11.6 Å². The number of carbonyl (C=O) groups excluding carboxylic acids is 2. The first kappa shape index (κ1) is 29.7. The second kappa shape index (κ2) is 10.8. The van der Waals surface area contributed by atoms with Crippen molar-refractivity contribution >= 4 is 17.5 Å². The van der Waals surface area contributed by atoms with Crippen LogP contribution in [0.3, 0.4) is 0 Å². The number of aromatic nitrogens is 1. The number of halogens is 5. The van der Waals surface area contributed by atoms with E-state index < -0.39 is 58.6 Å². The van der Waals surface area contributed by atoms with E-state index in [1.54, 1.807) is 13.8 Å². The molecule has 2 amide bonds. The van der Waals surface area contributed by atoms with Crippen LogP contribution in [0.15, 0.2) is 60.0 Å². The number of hydrogen-bond donors (Lipinski definition) is 2. The molecule has 43 heavy (non-hydrogen) atoms. The summed E-state index contributed by atoms with van der Waals surface area (Å²) >= 11 is 0. The van der Waals surface area contributed by atoms with Crippen LogP contribution < -0.4 is 5.32 Å². The molecule has 1 unspecified atom stereocenters. The maximum absolute atomic E-state index is 14.6. The van der Waals surface area contributed by atoms with E-state index >= 15 is 0 Å². The largest absolute Gasteiger partial charge is 0.509 e. The average molecular weight is 598 g/mol. The van der Waals surface area contributed by atoms with Gasteiger partial charge >= 0.3 is 6.18 Å². The molecule has 1 atom stereocenters. The molecule has 0 saturated carbocycles. The second-order valence-electron chi connectivity index (χ2n) is 10.5. The molecule has 2 aromatic carbocycles. The molecule has 0 aliphatic carbocycles. The number of carbonyl (C=O) groups is 2. The Hall–Kier alpha value is -4.83. The zero-order valence-corrected chi connectivity index (χ0v) is 22.9. The molecule has 3 aromatic rings. The lowest BCUT2D eigenvalue weighted by molar-refractivity contribution is -0.160. The van der Waals surface area contributed by atoms with Gasteiger partial charge in [-0.05, 0) is 57.0 Å². The Labute approximate surface area is 242 Å². The summed E-state index contributed by atoms with van der Waals surface area (Å²) in [6.45, 7) is 2.98. The third-order valence-corrected chi connectivity index (χ3v) is 7.78. The molecule has 8 nitrogen and oxygen atoms in total. The van der Waals surface area contributed by atoms with E-state index in [1.807, 2.05) is 6.07 Å². The van der Waals surface area contributed by atoms with Gasteiger partial charge in [0, 0.05) is 35.1 Å². The van der Waals surface area contributed by atoms with Gasteiger partial charge < -0.3 is 10.4 Å². The van der Waals surface area contributed by atoms with Crippen molar-refractivity contribution in [1.29, 1.82) is 5.26 Å². The highest BCUT2D eigenvalue weighted by atomic mass is 19.4. The fourth-order valence-electron chi connectivity index (χ4n) is 5.43. The first-order chi connectivity index (χ1) is 20.3. The van der Waals surface area contributed by atoms with Gasteiger partial charge in [0.25, 0.3) is 11.8 Å². The Morgan fingerprint density at radius 2 is 1.95 bits per heavy atom. The number of anilines is 1. The highest BCUT2D eigenvalue weighted by Crippen LogP contribution is 2.42. The molecule has 0 radical (unpaired) electrons. The number of nitriles is 1. The molecule has 1 saturated heterocycles. The Bertz CT molecular complexity index is 1730. The number of hydrazine groups is 1. The summed E-state index contributed by atoms with van der Waals surface area (Å²) in [6, 6.07) is 9.23. The minimum Gasteiger partial charge on any atom is -0.509 e. The molecule has 1 fully saturated rings. The summed E-state index contributed by atoms with van der Waals surface area (Å²) in [4.78, 5) is 31.4. The van der Waals surface area contributed by atoms with Crippen LogP contribution in [0.4, 0.5) is 27.6 Å². The third-order valence-electron chi connectivity index (χ3n) is 7.78. The lowest BCUT2D eigenvalue weighted by atomic mass is 9.90. The van der Waals surface area contributed by atoms with Crippen LogP contribution in [-0.4, -0.2) is 44.0 Å². The number of nitrogens with zero attached hydrogens (tertiary/aromatic N) is 4. The highest BCUT2D eigenvalue weighted by Gasteiger charge is 2.52. The number of rotatable bonds is 5. The standard InChI is InChI=1S/C30H24F5N5O3/c1-16-18(13-36)11-19(14-37-16)21-12-20(30(33,34)35)7-8-23(21)38-27(42)24-26(41)29(2)9-4-10-40(29)39(28(24)43)15-17-5-3-6-22(31)25(17)32/h3,5-8,11-12,14,41H,4,9-10,15H2,1-2H3,(H,38,42). The molecule has 5 rings (SSSR count). The second-order valence-corrected chi connectivity index (χ2v) is 10.5. The summed E-state index contributed by atoms with van der Waals surface area (Å²) in [5.41, 5.74) is -2.88. The fraction of sp³-hybridized carbons (Fsp3) is 0.267. The molecule has 2 aliphatic rings. The van der Waals surface area contributed by atoms with Crippen molar-refractivity contribution in [1.82, 2.24) is 15.0 Å². The van der Waals surface area contributed by atoms with Gasteiger partial charge in [0.1, 0.15) is 17.4 Å². The molecule has 2 N–H and O–H groups in total. The van der Waals surface area contributed by atoms with Gasteiger partial charge in [-0.2, -0.15) is 18.4 Å². The van der Waals surface area contributed by atoms with Crippen LogP contribution in [0, 0.1) is 29.9 Å². The van der Waals surface area contributed by atoms with Crippen LogP contribution in [0.25, 0.3) is 11.1 Å². The predicted octanol–water partition coefficient (Wildman–Crippen LogP) is 5.79. The fourth-order valence-corrected chi connectivity index (χ4v) is 5.43. The summed E-state index contributed by atoms with van der Waals surface area (Å²) in [6.07, 6.45) is -2.66. The van der Waals surface area contributed by atoms with Crippen molar-refractivity contribution in [2.75, 3.05) is 11.9 Å². The van der Waals surface area contributed by atoms with Crippen molar-refractivity contribution in [2.45, 2.75) is 44.9 Å². The van der Waals surface area contributed by atoms with Crippen molar-refractivity contribution < 1.29 is 36.6 Å². The smallest absolute Gasteiger partial charge is 0.416 e. The zero-order chi connectivity index (χ0) is 31.3. The van der Waals surface area contributed by atoms with Gasteiger partial charge in [-0.25, -0.2) is 13.8 Å². The zero-order valence-electron chi connectivity index (χ0n) is 22.9. The van der Waals surface area contributed by atoms with E-state index in [2.05, 4.69) is 10.3 Å². The van der Waals surface area contributed by atoms with Crippen LogP contribution in [0.2, 0.25) is 0 Å². The van der Waals surface area contributed by atoms with Crippen molar-refractivity contribution in [3.63, 3.8) is 0 Å². The van der Waals surface area contributed by atoms with Gasteiger partial charge in [-0.15, -0.1) is 0 Å². The Morgan fingerprint density at radius 3 is 2.65 bits per heavy atom. The van der Waals surface area contributed by atoms with E-state index in [0.29, 0.717) is 18.5 Å². The minimum atomic E-state index is -4.74. The van der Waals surface area contributed by atoms with Crippen LogP contribution in [0.1, 0.15) is 42.1 Å². The molecule has 222 valence electrons. The molecule has 1 aromatic heterocycles. The number of fused-ring (bicyclic) bond motifs is 1. The third kappa shape index (κ3) is 5.18. The van der Waals surface area contributed by atoms with Crippen molar-refractivity contribution in [2.24, 2.45) is 0 Å². The van der Waals surface area contributed by atoms with Gasteiger partial charge in [-0.1, -0.05) is 12.1 Å². The molecule has 0 bridgehead atoms. The van der Waals surface area contributed by atoms with Gasteiger partial charge in [0.2, 0.25) is 0 Å². The summed E-state index contributed by atoms with van der Waals surface area (Å²) in [5, 5.41) is 25.7. The van der Waals surface area contributed by atoms with E-state index in [-0.39, 0.29) is 34.5 Å². The highest BCUT2D eigenvalue weighted by molar-refractivity contribution is 6.24. The van der Waals surface area contributed by atoms with Crippen molar-refractivity contribution in [3.05, 3.63) is 94.0 Å². The number of pyridine rings is 1. The predicted molar refractivity (Wildman–Crippen MR) is 144 cm³/mol. The van der Waals surface area contributed by atoms with E-state index in [0.717, 1.165) is 29.3 Å². The minimum absolute atomic E-state index is 0.0915. The summed E-state index contributed by atoms with van der Waals surface area (Å²) < 4.78 is 69.4. The Balaban J connectivity index is 1.57. The van der Waals surface area contributed by atoms with Crippen LogP contribution >= 0.6 is 0 Å². The summed E-state index contributed by atoms with van der Waals surface area (Å²) in [5.74, 6) is -4.97. The van der Waals surface area contributed by atoms with Crippen molar-refractivity contribution in [3.8, 4) is 17.2 Å². The molecular weight excluding hydrogens is 573 g/mol. The number of amides is 2. The first-order valence-electron chi connectivity index (χ1n) is 13.1. The number of aryl methyl sites for hydroxylation is 1. The number of benzene rings is 2. The number of nitrogens with one attached hydrogen (secondary N) is 1. The lowest BCUT2D eigenvalue weighted by Gasteiger charge is -2.46. The van der Waals surface area contributed by atoms with Crippen LogP contribution in [0.5, 0.6) is 0 Å². The molecule has 13 heteroatoms. The quantitative estimate of drug-likeness (QED) is 0.285. The van der Waals surface area contributed by atoms with E-state index in [1.165, 1.54) is 29.4 Å². The summed E-state index contributed by atoms with van der Waals surface area (Å²) in [7, 11) is 0. The molecular formula is C30H24F5N5O3.